The van der Waals surface area contributed by atoms with Crippen LogP contribution in [0.5, 0.6) is 0 Å². The average molecular weight is 242 g/mol. The number of thioether (sulfide) groups is 1. The molecule has 2 rings (SSSR count). The van der Waals surface area contributed by atoms with Crippen LogP contribution in [0.15, 0.2) is 0 Å². The van der Waals surface area contributed by atoms with Gasteiger partial charge in [-0.3, -0.25) is 0 Å². The van der Waals surface area contributed by atoms with Crippen LogP contribution in [0.4, 0.5) is 0 Å². The molecule has 16 heavy (non-hydrogen) atoms. The van der Waals surface area contributed by atoms with Gasteiger partial charge in [-0.25, -0.2) is 0 Å². The molecule has 1 aliphatic carbocycles. The van der Waals surface area contributed by atoms with E-state index >= 15 is 0 Å². The van der Waals surface area contributed by atoms with Crippen LogP contribution in [-0.2, 0) is 0 Å². The Hall–Kier alpha value is 0.270. The van der Waals surface area contributed by atoms with Crippen molar-refractivity contribution in [2.75, 3.05) is 31.6 Å². The Morgan fingerprint density at radius 2 is 2.00 bits per heavy atom. The fraction of sp³-hybridized carbons (Fsp3) is 1.00. The van der Waals surface area contributed by atoms with Crippen LogP contribution in [0.3, 0.4) is 0 Å². The first-order chi connectivity index (χ1) is 7.88. The number of unbranched alkanes of at least 4 members (excludes halogenated alkanes) is 2. The highest BCUT2D eigenvalue weighted by Crippen LogP contribution is 2.22. The molecule has 1 saturated heterocycles. The van der Waals surface area contributed by atoms with E-state index in [2.05, 4.69) is 16.5 Å². The first-order valence-corrected chi connectivity index (χ1v) is 8.25. The molecule has 0 amide bonds. The molecule has 3 heteroatoms. The van der Waals surface area contributed by atoms with E-state index in [4.69, 9.17) is 0 Å². The van der Waals surface area contributed by atoms with Gasteiger partial charge in [0.2, 0.25) is 0 Å². The maximum Gasteiger partial charge on any atom is 0.0209 e. The lowest BCUT2D eigenvalue weighted by atomic mass is 10.2. The Labute approximate surface area is 105 Å². The number of nitrogens with zero attached hydrogens (tertiary/aromatic N) is 1. The number of hydrogen-bond acceptors (Lipinski definition) is 3. The summed E-state index contributed by atoms with van der Waals surface area (Å²) < 4.78 is 0. The van der Waals surface area contributed by atoms with Crippen LogP contribution < -0.4 is 5.32 Å². The first-order valence-electron chi connectivity index (χ1n) is 6.86. The highest BCUT2D eigenvalue weighted by atomic mass is 32.2. The monoisotopic (exact) mass is 242 g/mol. The SMILES string of the molecule is CSCCCCCN1CCC(NC2CC2)C1. The molecule has 1 saturated carbocycles. The molecule has 1 N–H and O–H groups in total. The van der Waals surface area contributed by atoms with Crippen LogP contribution >= 0.6 is 11.8 Å². The van der Waals surface area contributed by atoms with Gasteiger partial charge in [-0.1, -0.05) is 6.42 Å². The zero-order chi connectivity index (χ0) is 11.2. The van der Waals surface area contributed by atoms with Gasteiger partial charge in [0.15, 0.2) is 0 Å². The van der Waals surface area contributed by atoms with E-state index < -0.39 is 0 Å². The van der Waals surface area contributed by atoms with E-state index in [9.17, 15) is 0 Å². The van der Waals surface area contributed by atoms with Crippen molar-refractivity contribution in [1.82, 2.24) is 10.2 Å². The molecule has 0 radical (unpaired) electrons. The maximum absolute atomic E-state index is 3.75. The lowest BCUT2D eigenvalue weighted by molar-refractivity contribution is 0.319. The number of rotatable bonds is 8. The quantitative estimate of drug-likeness (QED) is 0.658. The number of likely N-dealkylation sites (tertiary alicyclic amines) is 1. The number of nitrogens with one attached hydrogen (secondary N) is 1. The minimum absolute atomic E-state index is 0.804. The Morgan fingerprint density at radius 3 is 2.75 bits per heavy atom. The first kappa shape index (κ1) is 12.7. The minimum Gasteiger partial charge on any atom is -0.310 e. The van der Waals surface area contributed by atoms with Gasteiger partial charge < -0.3 is 10.2 Å². The third-order valence-corrected chi connectivity index (χ3v) is 4.34. The molecule has 0 aromatic rings. The topological polar surface area (TPSA) is 15.3 Å². The summed E-state index contributed by atoms with van der Waals surface area (Å²) in [6.45, 7) is 3.96. The highest BCUT2D eigenvalue weighted by Gasteiger charge is 2.28. The summed E-state index contributed by atoms with van der Waals surface area (Å²) in [6.07, 6.45) is 10.6. The van der Waals surface area contributed by atoms with Crippen molar-refractivity contribution in [3.8, 4) is 0 Å². The van der Waals surface area contributed by atoms with Crippen LogP contribution in [0.1, 0.15) is 38.5 Å². The Balaban J connectivity index is 1.47. The second-order valence-corrected chi connectivity index (χ2v) is 6.27. The molecule has 0 bridgehead atoms. The van der Waals surface area contributed by atoms with Crippen molar-refractivity contribution >= 4 is 11.8 Å². The predicted molar refractivity (Wildman–Crippen MR) is 73.2 cm³/mol. The Morgan fingerprint density at radius 1 is 1.12 bits per heavy atom. The van der Waals surface area contributed by atoms with Crippen molar-refractivity contribution in [2.45, 2.75) is 50.6 Å². The predicted octanol–water partition coefficient (Wildman–Crippen LogP) is 2.35. The van der Waals surface area contributed by atoms with Gasteiger partial charge in [-0.05, 0) is 57.2 Å². The van der Waals surface area contributed by atoms with Crippen molar-refractivity contribution < 1.29 is 0 Å². The smallest absolute Gasteiger partial charge is 0.0209 e. The van der Waals surface area contributed by atoms with Crippen molar-refractivity contribution in [3.63, 3.8) is 0 Å². The van der Waals surface area contributed by atoms with Gasteiger partial charge in [0.25, 0.3) is 0 Å². The van der Waals surface area contributed by atoms with E-state index in [0.29, 0.717) is 0 Å². The summed E-state index contributed by atoms with van der Waals surface area (Å²) in [4.78, 5) is 2.65. The van der Waals surface area contributed by atoms with Crippen molar-refractivity contribution in [1.29, 1.82) is 0 Å². The fourth-order valence-electron chi connectivity index (χ4n) is 2.51. The molecule has 1 unspecified atom stereocenters. The summed E-state index contributed by atoms with van der Waals surface area (Å²) in [7, 11) is 0. The maximum atomic E-state index is 3.75. The largest absolute Gasteiger partial charge is 0.310 e. The molecule has 2 aliphatic rings. The molecule has 0 aromatic heterocycles. The fourth-order valence-corrected chi connectivity index (χ4v) is 3.01. The molecule has 1 aliphatic heterocycles. The molecule has 2 nitrogen and oxygen atoms in total. The van der Waals surface area contributed by atoms with Crippen LogP contribution in [0.25, 0.3) is 0 Å². The third-order valence-electron chi connectivity index (χ3n) is 3.64. The van der Waals surface area contributed by atoms with E-state index in [1.807, 2.05) is 11.8 Å². The van der Waals surface area contributed by atoms with Gasteiger partial charge in [0.1, 0.15) is 0 Å². The normalized spacial score (nSPS) is 26.4. The van der Waals surface area contributed by atoms with Crippen LogP contribution in [-0.4, -0.2) is 48.6 Å². The second kappa shape index (κ2) is 6.87. The van der Waals surface area contributed by atoms with Gasteiger partial charge in [-0.15, -0.1) is 0 Å². The second-order valence-electron chi connectivity index (χ2n) is 5.28. The molecule has 94 valence electrons. The summed E-state index contributed by atoms with van der Waals surface area (Å²) in [5.41, 5.74) is 0. The molecule has 2 fully saturated rings. The minimum atomic E-state index is 0.804. The molecule has 0 spiro atoms. The summed E-state index contributed by atoms with van der Waals surface area (Å²) in [6, 6.07) is 1.69. The van der Waals surface area contributed by atoms with Gasteiger partial charge in [0, 0.05) is 18.6 Å². The van der Waals surface area contributed by atoms with E-state index in [1.165, 1.54) is 63.9 Å². The van der Waals surface area contributed by atoms with Crippen molar-refractivity contribution in [3.05, 3.63) is 0 Å². The van der Waals surface area contributed by atoms with Crippen LogP contribution in [0, 0.1) is 0 Å². The zero-order valence-electron chi connectivity index (χ0n) is 10.6. The Kier molecular flexibility index (Phi) is 5.46. The van der Waals surface area contributed by atoms with Crippen LogP contribution in [0.2, 0.25) is 0 Å². The Bertz CT molecular complexity index is 194. The third kappa shape index (κ3) is 4.64. The summed E-state index contributed by atoms with van der Waals surface area (Å²) in [5.74, 6) is 1.34. The van der Waals surface area contributed by atoms with Gasteiger partial charge >= 0.3 is 0 Å². The summed E-state index contributed by atoms with van der Waals surface area (Å²) >= 11 is 1.97. The zero-order valence-corrected chi connectivity index (χ0v) is 11.4. The average Bonchev–Trinajstić information content (AvgIpc) is 2.98. The standard InChI is InChI=1S/C13H26N2S/c1-16-10-4-2-3-8-15-9-7-13(11-15)14-12-5-6-12/h12-14H,2-11H2,1H3. The van der Waals surface area contributed by atoms with Gasteiger partial charge in [0.05, 0.1) is 0 Å². The summed E-state index contributed by atoms with van der Waals surface area (Å²) in [5, 5.41) is 3.75. The lowest BCUT2D eigenvalue weighted by Gasteiger charge is -2.16. The molecule has 0 aromatic carbocycles. The van der Waals surface area contributed by atoms with Crippen molar-refractivity contribution in [2.24, 2.45) is 0 Å². The molecule has 1 atom stereocenters. The highest BCUT2D eigenvalue weighted by molar-refractivity contribution is 7.98. The van der Waals surface area contributed by atoms with E-state index in [0.717, 1.165) is 12.1 Å². The van der Waals surface area contributed by atoms with E-state index in [1.54, 1.807) is 0 Å². The lowest BCUT2D eigenvalue weighted by Crippen LogP contribution is -2.34. The molecular weight excluding hydrogens is 216 g/mol. The molecular formula is C13H26N2S. The molecule has 1 heterocycles. The van der Waals surface area contributed by atoms with Gasteiger partial charge in [-0.2, -0.15) is 11.8 Å². The number of hydrogen-bond donors (Lipinski definition) is 1. The van der Waals surface area contributed by atoms with E-state index in [-0.39, 0.29) is 0 Å².